The molecular weight excluding hydrogens is 226 g/mol. The third kappa shape index (κ3) is 2.98. The Bertz CT molecular complexity index is 446. The van der Waals surface area contributed by atoms with Gasteiger partial charge in [0.05, 0.1) is 12.2 Å². The predicted molar refractivity (Wildman–Crippen MR) is 71.2 cm³/mol. The fourth-order valence-corrected chi connectivity index (χ4v) is 1.98. The number of aromatic nitrogens is 4. The highest BCUT2D eigenvalue weighted by Crippen LogP contribution is 2.18. The van der Waals surface area contributed by atoms with E-state index in [0.717, 1.165) is 37.3 Å². The number of nitrogens with one attached hydrogen (secondary N) is 2. The number of H-pyrrole nitrogens is 1. The molecule has 2 rings (SSSR count). The molecule has 2 aromatic rings. The molecule has 2 heterocycles. The maximum Gasteiger partial charge on any atom is 0.127 e. The molecule has 0 saturated carbocycles. The van der Waals surface area contributed by atoms with Crippen LogP contribution in [0.3, 0.4) is 0 Å². The molecule has 98 valence electrons. The van der Waals surface area contributed by atoms with Crippen molar-refractivity contribution in [2.75, 3.05) is 6.54 Å². The highest BCUT2D eigenvalue weighted by atomic mass is 15.3. The van der Waals surface area contributed by atoms with Gasteiger partial charge in [-0.1, -0.05) is 13.8 Å². The van der Waals surface area contributed by atoms with Crippen LogP contribution in [0.2, 0.25) is 0 Å². The smallest absolute Gasteiger partial charge is 0.127 e. The molecule has 0 aromatic carbocycles. The lowest BCUT2D eigenvalue weighted by molar-refractivity contribution is 0.572. The lowest BCUT2D eigenvalue weighted by atomic mass is 10.1. The summed E-state index contributed by atoms with van der Waals surface area (Å²) in [5.74, 6) is 0.944. The summed E-state index contributed by atoms with van der Waals surface area (Å²) < 4.78 is 1.99. The minimum absolute atomic E-state index is 0.102. The maximum absolute atomic E-state index is 4.38. The molecule has 0 saturated heterocycles. The molecule has 0 radical (unpaired) electrons. The molecule has 0 amide bonds. The van der Waals surface area contributed by atoms with Gasteiger partial charge in [0.15, 0.2) is 0 Å². The third-order valence-electron chi connectivity index (χ3n) is 2.83. The van der Waals surface area contributed by atoms with Crippen LogP contribution >= 0.6 is 0 Å². The number of nitrogens with zero attached hydrogens (tertiary/aromatic N) is 3. The van der Waals surface area contributed by atoms with Crippen molar-refractivity contribution < 1.29 is 0 Å². The third-order valence-corrected chi connectivity index (χ3v) is 2.83. The van der Waals surface area contributed by atoms with Crippen LogP contribution in [-0.2, 0) is 6.54 Å². The zero-order valence-corrected chi connectivity index (χ0v) is 11.1. The molecule has 0 aliphatic rings. The maximum atomic E-state index is 4.38. The second-order valence-electron chi connectivity index (χ2n) is 4.40. The van der Waals surface area contributed by atoms with E-state index in [1.807, 2.05) is 17.1 Å². The van der Waals surface area contributed by atoms with E-state index < -0.39 is 0 Å². The molecule has 5 heteroatoms. The first kappa shape index (κ1) is 12.8. The highest BCUT2D eigenvalue weighted by Gasteiger charge is 2.17. The van der Waals surface area contributed by atoms with Crippen molar-refractivity contribution in [2.45, 2.75) is 39.3 Å². The van der Waals surface area contributed by atoms with Crippen molar-refractivity contribution in [3.63, 3.8) is 0 Å². The first-order valence-corrected chi connectivity index (χ1v) is 6.60. The minimum Gasteiger partial charge on any atom is -0.347 e. The van der Waals surface area contributed by atoms with Crippen molar-refractivity contribution in [3.8, 4) is 0 Å². The highest BCUT2D eigenvalue weighted by molar-refractivity contribution is 5.19. The van der Waals surface area contributed by atoms with Gasteiger partial charge in [-0.15, -0.1) is 0 Å². The lowest BCUT2D eigenvalue weighted by Crippen LogP contribution is -2.23. The Hall–Kier alpha value is -1.62. The van der Waals surface area contributed by atoms with Crippen LogP contribution in [0.25, 0.3) is 0 Å². The summed E-state index contributed by atoms with van der Waals surface area (Å²) in [5, 5.41) is 7.88. The van der Waals surface area contributed by atoms with Gasteiger partial charge in [-0.3, -0.25) is 4.68 Å². The van der Waals surface area contributed by atoms with E-state index >= 15 is 0 Å². The zero-order chi connectivity index (χ0) is 12.8. The van der Waals surface area contributed by atoms with Gasteiger partial charge in [-0.25, -0.2) is 4.98 Å². The molecule has 2 aromatic heterocycles. The molecule has 0 spiro atoms. The number of aromatic amines is 1. The van der Waals surface area contributed by atoms with Crippen molar-refractivity contribution in [1.82, 2.24) is 25.1 Å². The van der Waals surface area contributed by atoms with E-state index in [1.165, 1.54) is 0 Å². The van der Waals surface area contributed by atoms with Gasteiger partial charge in [0.1, 0.15) is 5.82 Å². The quantitative estimate of drug-likeness (QED) is 0.787. The summed E-state index contributed by atoms with van der Waals surface area (Å²) >= 11 is 0. The Morgan fingerprint density at radius 3 is 2.94 bits per heavy atom. The van der Waals surface area contributed by atoms with Gasteiger partial charge in [0.25, 0.3) is 0 Å². The second-order valence-corrected chi connectivity index (χ2v) is 4.40. The van der Waals surface area contributed by atoms with Gasteiger partial charge in [0.2, 0.25) is 0 Å². The average Bonchev–Trinajstić information content (AvgIpc) is 3.02. The average molecular weight is 247 g/mol. The van der Waals surface area contributed by atoms with Crippen LogP contribution in [-0.4, -0.2) is 26.3 Å². The molecule has 1 atom stereocenters. The topological polar surface area (TPSA) is 58.5 Å². The van der Waals surface area contributed by atoms with E-state index in [9.17, 15) is 0 Å². The Labute approximate surface area is 108 Å². The number of imidazole rings is 1. The molecule has 0 fully saturated rings. The standard InChI is InChI=1S/C13H21N5/c1-3-5-14-12(13-15-6-7-16-13)11-9-17-18(10-11)8-4-2/h6-7,9-10,12,14H,3-5,8H2,1-2H3,(H,15,16). The van der Waals surface area contributed by atoms with Crippen LogP contribution in [0.5, 0.6) is 0 Å². The summed E-state index contributed by atoms with van der Waals surface area (Å²) in [5.41, 5.74) is 1.16. The van der Waals surface area contributed by atoms with Crippen LogP contribution < -0.4 is 5.32 Å². The second kappa shape index (κ2) is 6.35. The van der Waals surface area contributed by atoms with Crippen molar-refractivity contribution in [3.05, 3.63) is 36.2 Å². The lowest BCUT2D eigenvalue weighted by Gasteiger charge is -2.14. The van der Waals surface area contributed by atoms with Gasteiger partial charge in [-0.05, 0) is 19.4 Å². The monoisotopic (exact) mass is 247 g/mol. The predicted octanol–water partition coefficient (Wildman–Crippen LogP) is 2.11. The molecule has 5 nitrogen and oxygen atoms in total. The number of hydrogen-bond donors (Lipinski definition) is 2. The summed E-state index contributed by atoms with van der Waals surface area (Å²) in [6.45, 7) is 6.23. The van der Waals surface area contributed by atoms with Gasteiger partial charge >= 0.3 is 0 Å². The number of aryl methyl sites for hydroxylation is 1. The van der Waals surface area contributed by atoms with Gasteiger partial charge < -0.3 is 10.3 Å². The first-order valence-electron chi connectivity index (χ1n) is 6.60. The van der Waals surface area contributed by atoms with Crippen LogP contribution in [0.15, 0.2) is 24.8 Å². The van der Waals surface area contributed by atoms with E-state index in [4.69, 9.17) is 0 Å². The van der Waals surface area contributed by atoms with E-state index in [2.05, 4.69) is 40.4 Å². The molecule has 0 aliphatic heterocycles. The number of hydrogen-bond acceptors (Lipinski definition) is 3. The molecule has 1 unspecified atom stereocenters. The molecule has 0 bridgehead atoms. The largest absolute Gasteiger partial charge is 0.347 e. The van der Waals surface area contributed by atoms with E-state index in [-0.39, 0.29) is 6.04 Å². The molecule has 18 heavy (non-hydrogen) atoms. The summed E-state index contributed by atoms with van der Waals surface area (Å²) in [4.78, 5) is 7.52. The Morgan fingerprint density at radius 2 is 2.28 bits per heavy atom. The minimum atomic E-state index is 0.102. The molecule has 0 aliphatic carbocycles. The number of rotatable bonds is 7. The summed E-state index contributed by atoms with van der Waals surface area (Å²) in [6, 6.07) is 0.102. The van der Waals surface area contributed by atoms with E-state index in [0.29, 0.717) is 0 Å². The van der Waals surface area contributed by atoms with Gasteiger partial charge in [0, 0.05) is 30.7 Å². The van der Waals surface area contributed by atoms with Crippen molar-refractivity contribution >= 4 is 0 Å². The van der Waals surface area contributed by atoms with Crippen LogP contribution in [0, 0.1) is 0 Å². The summed E-state index contributed by atoms with van der Waals surface area (Å²) in [7, 11) is 0. The Kier molecular flexibility index (Phi) is 4.52. The fraction of sp³-hybridized carbons (Fsp3) is 0.538. The Balaban J connectivity index is 2.16. The zero-order valence-electron chi connectivity index (χ0n) is 11.1. The van der Waals surface area contributed by atoms with Gasteiger partial charge in [-0.2, -0.15) is 5.10 Å². The molecular formula is C13H21N5. The Morgan fingerprint density at radius 1 is 1.39 bits per heavy atom. The van der Waals surface area contributed by atoms with Crippen molar-refractivity contribution in [1.29, 1.82) is 0 Å². The van der Waals surface area contributed by atoms with Crippen LogP contribution in [0.1, 0.15) is 44.1 Å². The van der Waals surface area contributed by atoms with Crippen molar-refractivity contribution in [2.24, 2.45) is 0 Å². The fourth-order valence-electron chi connectivity index (χ4n) is 1.98. The molecule has 2 N–H and O–H groups in total. The van der Waals surface area contributed by atoms with E-state index in [1.54, 1.807) is 6.20 Å². The SMILES string of the molecule is CCCNC(c1cnn(CCC)c1)c1ncc[nH]1. The first-order chi connectivity index (χ1) is 8.85. The normalized spacial score (nSPS) is 12.8. The van der Waals surface area contributed by atoms with Crippen LogP contribution in [0.4, 0.5) is 0 Å². The summed E-state index contributed by atoms with van der Waals surface area (Å²) in [6.07, 6.45) is 9.85.